The van der Waals surface area contributed by atoms with Gasteiger partial charge in [0.05, 0.1) is 0 Å². The van der Waals surface area contributed by atoms with Crippen LogP contribution in [0.5, 0.6) is 0 Å². The van der Waals surface area contributed by atoms with Crippen LogP contribution in [0.4, 0.5) is 22.0 Å². The van der Waals surface area contributed by atoms with Gasteiger partial charge in [0.25, 0.3) is 5.91 Å². The predicted molar refractivity (Wildman–Crippen MR) is 168 cm³/mol. The van der Waals surface area contributed by atoms with Crippen LogP contribution in [0.3, 0.4) is 0 Å². The van der Waals surface area contributed by atoms with Crippen molar-refractivity contribution in [2.45, 2.75) is 82.0 Å². The van der Waals surface area contributed by atoms with Gasteiger partial charge in [0.15, 0.2) is 5.78 Å². The molecule has 1 aliphatic heterocycles. The summed E-state index contributed by atoms with van der Waals surface area (Å²) in [6.07, 6.45) is 0.501. The largest absolute Gasteiger partial charge is 0.456 e. The molecule has 48 heavy (non-hydrogen) atoms. The average Bonchev–Trinajstić information content (AvgIpc) is 3.35. The molecule has 2 saturated carbocycles. The lowest BCUT2D eigenvalue weighted by atomic mass is 9.50. The normalized spacial score (nSPS) is 31.2. The Hall–Kier alpha value is -3.44. The van der Waals surface area contributed by atoms with Crippen LogP contribution >= 0.6 is 0 Å². The summed E-state index contributed by atoms with van der Waals surface area (Å²) in [6.45, 7) is 4.75. The number of hydrogen-bond acceptors (Lipinski definition) is 5. The Morgan fingerprint density at radius 3 is 2.31 bits per heavy atom. The number of pyridine rings is 1. The van der Waals surface area contributed by atoms with Crippen LogP contribution in [0.2, 0.25) is 0 Å². The Bertz CT molecular complexity index is 1650. The van der Waals surface area contributed by atoms with Gasteiger partial charge in [-0.15, -0.1) is 0 Å². The number of rotatable bonds is 5. The van der Waals surface area contributed by atoms with Crippen LogP contribution < -0.4 is 0 Å². The number of allylic oxidation sites excluding steroid dienone is 4. The van der Waals surface area contributed by atoms with E-state index in [-0.39, 0.29) is 30.4 Å². The molecule has 2 aromatic rings. The standard InChI is InChI=1S/C37H40F5N3O3/c1-34-21-30(24-2-4-25(5-3-24)33(47)45-18-16-44(17-19-45)22-23-11-14-43-15-12-23)32-28-9-7-27(46)20-26(28)6-8-29(32)31(34)10-13-35(34,48)36(38,39)37(40,41)42/h2-5,11-12,14-15,20,29-31,48H,6-10,13,16-19,21-22H2,1H3/t29-,30+,31-,34-,35-/m0/s1. The highest BCUT2D eigenvalue weighted by Gasteiger charge is 2.79. The maximum absolute atomic E-state index is 15.3. The van der Waals surface area contributed by atoms with E-state index >= 15 is 8.78 Å². The fraction of sp³-hybridized carbons (Fsp3) is 0.541. The van der Waals surface area contributed by atoms with E-state index in [0.29, 0.717) is 49.9 Å². The van der Waals surface area contributed by atoms with Crippen molar-refractivity contribution in [2.24, 2.45) is 17.3 Å². The molecule has 1 aromatic heterocycles. The zero-order chi connectivity index (χ0) is 34.1. The SMILES string of the molecule is C[C@]12C[C@H](c3ccc(C(=O)N4CCN(Cc5ccncc5)CC4)cc3)C3=C4CCC(=O)C=C4CC[C@H]3[C@@H]1CC[C@@]2(O)C(F)(F)C(F)(F)F. The Morgan fingerprint density at radius 2 is 1.65 bits per heavy atom. The molecule has 5 atom stereocenters. The molecule has 3 fully saturated rings. The zero-order valence-electron chi connectivity index (χ0n) is 26.9. The molecular formula is C37H40F5N3O3. The van der Waals surface area contributed by atoms with Crippen LogP contribution in [0, 0.1) is 17.3 Å². The summed E-state index contributed by atoms with van der Waals surface area (Å²) in [5.74, 6) is -6.77. The van der Waals surface area contributed by atoms with E-state index in [1.165, 1.54) is 6.92 Å². The van der Waals surface area contributed by atoms with Crippen molar-refractivity contribution < 1.29 is 36.6 Å². The van der Waals surface area contributed by atoms with E-state index < -0.39 is 41.4 Å². The van der Waals surface area contributed by atoms with Crippen molar-refractivity contribution in [3.63, 3.8) is 0 Å². The second-order valence-electron chi connectivity index (χ2n) is 14.5. The molecule has 256 valence electrons. The lowest BCUT2D eigenvalue weighted by Gasteiger charge is -2.56. The summed E-state index contributed by atoms with van der Waals surface area (Å²) in [5, 5.41) is 11.5. The molecule has 2 heterocycles. The number of carbonyl (C=O) groups excluding carboxylic acids is 2. The minimum atomic E-state index is -5.90. The maximum atomic E-state index is 15.3. The van der Waals surface area contributed by atoms with Crippen molar-refractivity contribution >= 4 is 11.7 Å². The molecule has 1 aromatic carbocycles. The Labute approximate surface area is 276 Å². The van der Waals surface area contributed by atoms with E-state index in [1.54, 1.807) is 47.6 Å². The molecular weight excluding hydrogens is 629 g/mol. The number of amides is 1. The van der Waals surface area contributed by atoms with Gasteiger partial charge in [0.2, 0.25) is 0 Å². The topological polar surface area (TPSA) is 73.7 Å². The van der Waals surface area contributed by atoms with E-state index in [1.807, 2.05) is 12.1 Å². The van der Waals surface area contributed by atoms with Crippen LogP contribution in [0.25, 0.3) is 0 Å². The number of piperazine rings is 1. The predicted octanol–water partition coefficient (Wildman–Crippen LogP) is 6.87. The lowest BCUT2D eigenvalue weighted by molar-refractivity contribution is -0.362. The summed E-state index contributed by atoms with van der Waals surface area (Å²) in [5.41, 5.74) is 0.308. The third kappa shape index (κ3) is 5.23. The minimum absolute atomic E-state index is 0.0334. The Balaban J connectivity index is 1.18. The third-order valence-corrected chi connectivity index (χ3v) is 12.1. The Morgan fingerprint density at radius 1 is 0.958 bits per heavy atom. The van der Waals surface area contributed by atoms with Gasteiger partial charge in [-0.05, 0) is 103 Å². The van der Waals surface area contributed by atoms with Crippen LogP contribution in [-0.2, 0) is 11.3 Å². The number of benzene rings is 1. The van der Waals surface area contributed by atoms with Crippen molar-refractivity contribution in [3.05, 3.63) is 88.3 Å². The molecule has 1 saturated heterocycles. The van der Waals surface area contributed by atoms with Gasteiger partial charge in [0.1, 0.15) is 5.60 Å². The molecule has 5 aliphatic rings. The molecule has 0 spiro atoms. The molecule has 0 bridgehead atoms. The maximum Gasteiger partial charge on any atom is 0.456 e. The summed E-state index contributed by atoms with van der Waals surface area (Å²) in [4.78, 5) is 34.0. The van der Waals surface area contributed by atoms with E-state index in [0.717, 1.165) is 41.9 Å². The molecule has 7 rings (SSSR count). The number of alkyl halides is 5. The summed E-state index contributed by atoms with van der Waals surface area (Å²) in [6, 6.07) is 10.9. The highest BCUT2D eigenvalue weighted by molar-refractivity contribution is 5.94. The first-order valence-corrected chi connectivity index (χ1v) is 16.9. The van der Waals surface area contributed by atoms with Gasteiger partial charge in [0, 0.05) is 68.4 Å². The second kappa shape index (κ2) is 11.9. The molecule has 6 nitrogen and oxygen atoms in total. The first-order valence-electron chi connectivity index (χ1n) is 16.9. The van der Waals surface area contributed by atoms with Gasteiger partial charge < -0.3 is 10.0 Å². The van der Waals surface area contributed by atoms with Gasteiger partial charge in [-0.2, -0.15) is 22.0 Å². The minimum Gasteiger partial charge on any atom is -0.383 e. The Kier molecular flexibility index (Phi) is 8.17. The molecule has 0 unspecified atom stereocenters. The number of halogens is 5. The molecule has 1 amide bonds. The van der Waals surface area contributed by atoms with Gasteiger partial charge in [-0.1, -0.05) is 24.6 Å². The number of aliphatic hydroxyl groups is 1. The van der Waals surface area contributed by atoms with Crippen molar-refractivity contribution in [2.75, 3.05) is 26.2 Å². The van der Waals surface area contributed by atoms with Gasteiger partial charge in [-0.3, -0.25) is 19.5 Å². The average molecular weight is 670 g/mol. The smallest absolute Gasteiger partial charge is 0.383 e. The quantitative estimate of drug-likeness (QED) is 0.352. The third-order valence-electron chi connectivity index (χ3n) is 12.1. The highest BCUT2D eigenvalue weighted by atomic mass is 19.4. The lowest BCUT2D eigenvalue weighted by Crippen LogP contribution is -2.65. The van der Waals surface area contributed by atoms with Crippen LogP contribution in [0.15, 0.2) is 71.6 Å². The van der Waals surface area contributed by atoms with Gasteiger partial charge >= 0.3 is 12.1 Å². The fourth-order valence-electron chi connectivity index (χ4n) is 9.61. The summed E-state index contributed by atoms with van der Waals surface area (Å²) in [7, 11) is 0. The van der Waals surface area contributed by atoms with Crippen LogP contribution in [-0.4, -0.2) is 75.5 Å². The van der Waals surface area contributed by atoms with E-state index in [4.69, 9.17) is 0 Å². The first-order chi connectivity index (χ1) is 22.7. The van der Waals surface area contributed by atoms with Crippen molar-refractivity contribution in [1.29, 1.82) is 0 Å². The number of hydrogen-bond donors (Lipinski definition) is 1. The molecule has 0 radical (unpaired) electrons. The number of carbonyl (C=O) groups is 2. The fourth-order valence-corrected chi connectivity index (χ4v) is 9.61. The number of aromatic nitrogens is 1. The highest BCUT2D eigenvalue weighted by Crippen LogP contribution is 2.70. The summed E-state index contributed by atoms with van der Waals surface area (Å²) >= 11 is 0. The molecule has 1 N–H and O–H groups in total. The summed E-state index contributed by atoms with van der Waals surface area (Å²) < 4.78 is 72.1. The van der Waals surface area contributed by atoms with Crippen molar-refractivity contribution in [3.8, 4) is 0 Å². The number of nitrogens with zero attached hydrogens (tertiary/aromatic N) is 3. The zero-order valence-corrected chi connectivity index (χ0v) is 26.9. The van der Waals surface area contributed by atoms with E-state index in [9.17, 15) is 27.9 Å². The first kappa shape index (κ1) is 33.1. The van der Waals surface area contributed by atoms with E-state index in [2.05, 4.69) is 9.88 Å². The number of fused-ring (bicyclic) bond motifs is 4. The molecule has 4 aliphatic carbocycles. The van der Waals surface area contributed by atoms with Crippen LogP contribution in [0.1, 0.15) is 79.3 Å². The molecule has 11 heteroatoms. The van der Waals surface area contributed by atoms with Crippen molar-refractivity contribution in [1.82, 2.24) is 14.8 Å². The monoisotopic (exact) mass is 669 g/mol. The van der Waals surface area contributed by atoms with Gasteiger partial charge in [-0.25, -0.2) is 0 Å². The number of ketones is 1. The second-order valence-corrected chi connectivity index (χ2v) is 14.5.